The summed E-state index contributed by atoms with van der Waals surface area (Å²) in [4.78, 5) is 86.0. The molecule has 2 aromatic rings. The van der Waals surface area contributed by atoms with Gasteiger partial charge in [-0.1, -0.05) is 0 Å². The van der Waals surface area contributed by atoms with Crippen molar-refractivity contribution in [2.45, 2.75) is 56.3 Å². The standard InChI is InChI=1S/C21H30N10O7/c22-12(3-10-6-25-8-27-10)18(34)29-13(1-2-16(23)32)19(35)30-14(4-11-7-26-9-28-11)20(36)31-15(21(37)38)5-17(24)33/h6-9,12-15H,1-5,22H2,(H2,23,32)(H2,24,33)(H,25,27)(H,26,28)(H,29,34)(H,30,35)(H,31,36)(H,37,38). The van der Waals surface area contributed by atoms with Crippen LogP contribution in [-0.4, -0.2) is 84.7 Å². The van der Waals surface area contributed by atoms with Gasteiger partial charge in [0.25, 0.3) is 0 Å². The van der Waals surface area contributed by atoms with Gasteiger partial charge < -0.3 is 48.2 Å². The molecule has 0 fully saturated rings. The molecule has 0 aliphatic rings. The van der Waals surface area contributed by atoms with Gasteiger partial charge in [0.1, 0.15) is 18.1 Å². The molecule has 0 aliphatic heterocycles. The zero-order valence-electron chi connectivity index (χ0n) is 20.2. The minimum Gasteiger partial charge on any atom is -0.480 e. The number of carboxylic acids is 1. The SMILES string of the molecule is NC(=O)CCC(NC(=O)C(N)Cc1cnc[nH]1)C(=O)NC(Cc1cnc[nH]1)C(=O)NC(CC(N)=O)C(=O)O. The maximum atomic E-state index is 13.1. The smallest absolute Gasteiger partial charge is 0.326 e. The number of nitrogens with zero attached hydrogens (tertiary/aromatic N) is 2. The number of nitrogens with two attached hydrogens (primary N) is 3. The lowest BCUT2D eigenvalue weighted by Gasteiger charge is -2.24. The molecule has 0 saturated carbocycles. The predicted octanol–water partition coefficient (Wildman–Crippen LogP) is -4.07. The number of hydrogen-bond acceptors (Lipinski definition) is 9. The average molecular weight is 535 g/mol. The third-order valence-corrected chi connectivity index (χ3v) is 5.28. The summed E-state index contributed by atoms with van der Waals surface area (Å²) in [6.45, 7) is 0. The Morgan fingerprint density at radius 2 is 1.32 bits per heavy atom. The second-order valence-electron chi connectivity index (χ2n) is 8.37. The summed E-state index contributed by atoms with van der Waals surface area (Å²) in [5, 5.41) is 16.4. The van der Waals surface area contributed by atoms with Crippen molar-refractivity contribution in [1.82, 2.24) is 35.9 Å². The first kappa shape index (κ1) is 29.4. The number of aromatic nitrogens is 4. The number of hydrogen-bond donors (Lipinski definition) is 9. The Hall–Kier alpha value is -4.80. The van der Waals surface area contributed by atoms with Gasteiger partial charge in [0, 0.05) is 43.0 Å². The van der Waals surface area contributed by atoms with Crippen molar-refractivity contribution in [2.24, 2.45) is 17.2 Å². The number of carbonyl (C=O) groups is 6. The molecule has 206 valence electrons. The molecular weight excluding hydrogens is 504 g/mol. The number of amides is 5. The van der Waals surface area contributed by atoms with Crippen LogP contribution in [0, 0.1) is 0 Å². The monoisotopic (exact) mass is 534 g/mol. The maximum Gasteiger partial charge on any atom is 0.326 e. The van der Waals surface area contributed by atoms with Crippen LogP contribution in [0.1, 0.15) is 30.7 Å². The van der Waals surface area contributed by atoms with Crippen molar-refractivity contribution in [3.05, 3.63) is 36.4 Å². The predicted molar refractivity (Wildman–Crippen MR) is 128 cm³/mol. The Balaban J connectivity index is 2.18. The molecule has 17 heteroatoms. The summed E-state index contributed by atoms with van der Waals surface area (Å²) in [6, 6.07) is -5.41. The highest BCUT2D eigenvalue weighted by Gasteiger charge is 2.31. The quantitative estimate of drug-likeness (QED) is 0.100. The van der Waals surface area contributed by atoms with E-state index in [1.54, 1.807) is 0 Å². The third kappa shape index (κ3) is 9.69. The molecule has 17 nitrogen and oxygen atoms in total. The highest BCUT2D eigenvalue weighted by Crippen LogP contribution is 2.05. The third-order valence-electron chi connectivity index (χ3n) is 5.28. The van der Waals surface area contributed by atoms with Crippen molar-refractivity contribution in [1.29, 1.82) is 0 Å². The first-order valence-electron chi connectivity index (χ1n) is 11.4. The molecular formula is C21H30N10O7. The highest BCUT2D eigenvalue weighted by molar-refractivity contribution is 5.95. The van der Waals surface area contributed by atoms with E-state index in [0.29, 0.717) is 11.4 Å². The summed E-state index contributed by atoms with van der Waals surface area (Å²) >= 11 is 0. The van der Waals surface area contributed by atoms with Crippen LogP contribution in [0.4, 0.5) is 0 Å². The van der Waals surface area contributed by atoms with Crippen molar-refractivity contribution in [2.75, 3.05) is 0 Å². The number of H-pyrrole nitrogens is 2. The molecule has 0 aliphatic carbocycles. The van der Waals surface area contributed by atoms with Gasteiger partial charge in [0.15, 0.2) is 0 Å². The van der Waals surface area contributed by atoms with Gasteiger partial charge >= 0.3 is 5.97 Å². The lowest BCUT2D eigenvalue weighted by molar-refractivity contribution is -0.143. The first-order chi connectivity index (χ1) is 18.0. The van der Waals surface area contributed by atoms with Gasteiger partial charge in [0.05, 0.1) is 25.1 Å². The molecule has 4 atom stereocenters. The van der Waals surface area contributed by atoms with Crippen LogP contribution in [0.25, 0.3) is 0 Å². The normalized spacial score (nSPS) is 13.9. The van der Waals surface area contributed by atoms with Crippen LogP contribution < -0.4 is 33.2 Å². The molecule has 38 heavy (non-hydrogen) atoms. The van der Waals surface area contributed by atoms with Gasteiger partial charge in [-0.2, -0.15) is 0 Å². The van der Waals surface area contributed by atoms with Gasteiger partial charge in [-0.05, 0) is 6.42 Å². The Morgan fingerprint density at radius 1 is 0.789 bits per heavy atom. The van der Waals surface area contributed by atoms with E-state index >= 15 is 0 Å². The fourth-order valence-corrected chi connectivity index (χ4v) is 3.33. The van der Waals surface area contributed by atoms with Crippen LogP contribution >= 0.6 is 0 Å². The molecule has 0 aromatic carbocycles. The number of primary amides is 2. The molecule has 12 N–H and O–H groups in total. The summed E-state index contributed by atoms with van der Waals surface area (Å²) in [5.74, 6) is -5.74. The van der Waals surface area contributed by atoms with E-state index in [1.807, 2.05) is 0 Å². The van der Waals surface area contributed by atoms with Crippen LogP contribution in [-0.2, 0) is 41.6 Å². The minimum atomic E-state index is -1.65. The summed E-state index contributed by atoms with van der Waals surface area (Å²) in [5.41, 5.74) is 17.2. The van der Waals surface area contributed by atoms with E-state index in [1.165, 1.54) is 25.0 Å². The van der Waals surface area contributed by atoms with Crippen LogP contribution in [0.3, 0.4) is 0 Å². The molecule has 5 amide bonds. The second kappa shape index (κ2) is 14.1. The molecule has 0 radical (unpaired) electrons. The fraction of sp³-hybridized carbons (Fsp3) is 0.429. The zero-order chi connectivity index (χ0) is 28.2. The minimum absolute atomic E-state index is 0.0806. The first-order valence-corrected chi connectivity index (χ1v) is 11.4. The van der Waals surface area contributed by atoms with E-state index < -0.39 is 66.1 Å². The van der Waals surface area contributed by atoms with E-state index in [-0.39, 0.29) is 25.7 Å². The molecule has 4 unspecified atom stereocenters. The number of carbonyl (C=O) groups excluding carboxylic acids is 5. The molecule has 2 heterocycles. The molecule has 0 bridgehead atoms. The number of carboxylic acid groups (broad SMARTS) is 1. The zero-order valence-corrected chi connectivity index (χ0v) is 20.2. The Bertz CT molecular complexity index is 1120. The summed E-state index contributed by atoms with van der Waals surface area (Å²) in [6.07, 6.45) is 4.36. The summed E-state index contributed by atoms with van der Waals surface area (Å²) < 4.78 is 0. The number of aromatic amines is 2. The average Bonchev–Trinajstić information content (AvgIpc) is 3.54. The Labute approximate surface area is 215 Å². The fourth-order valence-electron chi connectivity index (χ4n) is 3.33. The van der Waals surface area contributed by atoms with Crippen molar-refractivity contribution in [3.63, 3.8) is 0 Å². The van der Waals surface area contributed by atoms with Crippen molar-refractivity contribution < 1.29 is 33.9 Å². The lowest BCUT2D eigenvalue weighted by Crippen LogP contribution is -2.58. The molecule has 2 rings (SSSR count). The number of rotatable bonds is 16. The van der Waals surface area contributed by atoms with E-state index in [2.05, 4.69) is 35.9 Å². The van der Waals surface area contributed by atoms with Gasteiger partial charge in [-0.25, -0.2) is 14.8 Å². The number of nitrogens with one attached hydrogen (secondary N) is 5. The summed E-state index contributed by atoms with van der Waals surface area (Å²) in [7, 11) is 0. The van der Waals surface area contributed by atoms with Crippen molar-refractivity contribution in [3.8, 4) is 0 Å². The topological polar surface area (TPSA) is 294 Å². The number of imidazole rings is 2. The molecule has 0 saturated heterocycles. The van der Waals surface area contributed by atoms with Crippen LogP contribution in [0.2, 0.25) is 0 Å². The molecule has 2 aromatic heterocycles. The van der Waals surface area contributed by atoms with E-state index in [4.69, 9.17) is 17.2 Å². The number of aliphatic carboxylic acids is 1. The Kier molecular flexibility index (Phi) is 10.9. The Morgan fingerprint density at radius 3 is 1.82 bits per heavy atom. The van der Waals surface area contributed by atoms with Gasteiger partial charge in [-0.15, -0.1) is 0 Å². The van der Waals surface area contributed by atoms with Gasteiger partial charge in [0.2, 0.25) is 29.5 Å². The van der Waals surface area contributed by atoms with Gasteiger partial charge in [-0.3, -0.25) is 24.0 Å². The van der Waals surface area contributed by atoms with Crippen LogP contribution in [0.15, 0.2) is 25.0 Å². The van der Waals surface area contributed by atoms with E-state index in [0.717, 1.165) is 0 Å². The maximum absolute atomic E-state index is 13.1. The van der Waals surface area contributed by atoms with Crippen LogP contribution in [0.5, 0.6) is 0 Å². The van der Waals surface area contributed by atoms with E-state index in [9.17, 15) is 33.9 Å². The van der Waals surface area contributed by atoms with Crippen molar-refractivity contribution >= 4 is 35.5 Å². The lowest BCUT2D eigenvalue weighted by atomic mass is 10.1. The largest absolute Gasteiger partial charge is 0.480 e. The molecule has 0 spiro atoms. The highest BCUT2D eigenvalue weighted by atomic mass is 16.4. The second-order valence-corrected chi connectivity index (χ2v) is 8.37.